The molecular formula is C18H29N3O3S. The van der Waals surface area contributed by atoms with Crippen LogP contribution in [0.1, 0.15) is 36.5 Å². The van der Waals surface area contributed by atoms with E-state index in [1.165, 1.54) is 0 Å². The summed E-state index contributed by atoms with van der Waals surface area (Å²) in [5.74, 6) is 0.306. The lowest BCUT2D eigenvalue weighted by atomic mass is 9.95. The van der Waals surface area contributed by atoms with Gasteiger partial charge in [-0.2, -0.15) is 0 Å². The van der Waals surface area contributed by atoms with Crippen LogP contribution < -0.4 is 15.4 Å². The smallest absolute Gasteiger partial charge is 0.241 e. The molecule has 140 valence electrons. The van der Waals surface area contributed by atoms with Gasteiger partial charge in [0, 0.05) is 25.6 Å². The van der Waals surface area contributed by atoms with E-state index in [2.05, 4.69) is 22.3 Å². The summed E-state index contributed by atoms with van der Waals surface area (Å²) in [6.45, 7) is 9.47. The molecule has 1 aliphatic rings. The second kappa shape index (κ2) is 8.29. The monoisotopic (exact) mass is 367 g/mol. The predicted octanol–water partition coefficient (Wildman–Crippen LogP) is 1.39. The number of carbonyl (C=O) groups excluding carboxylic acids is 1. The van der Waals surface area contributed by atoms with Crippen molar-refractivity contribution in [1.82, 2.24) is 15.4 Å². The molecule has 0 aromatic heterocycles. The molecule has 1 aliphatic heterocycles. The molecule has 0 bridgehead atoms. The molecule has 0 aliphatic carbocycles. The number of amides is 1. The summed E-state index contributed by atoms with van der Waals surface area (Å²) in [6, 6.07) is 3.82. The van der Waals surface area contributed by atoms with E-state index in [1.54, 1.807) is 13.8 Å². The van der Waals surface area contributed by atoms with Crippen molar-refractivity contribution in [2.75, 3.05) is 19.6 Å². The Morgan fingerprint density at radius 1 is 1.24 bits per heavy atom. The van der Waals surface area contributed by atoms with E-state index in [9.17, 15) is 13.2 Å². The summed E-state index contributed by atoms with van der Waals surface area (Å²) in [7, 11) is -3.62. The van der Waals surface area contributed by atoms with Crippen LogP contribution in [0.25, 0.3) is 0 Å². The topological polar surface area (TPSA) is 87.3 Å². The fraction of sp³-hybridized carbons (Fsp3) is 0.611. The Balaban J connectivity index is 1.91. The highest BCUT2D eigenvalue weighted by atomic mass is 32.2. The maximum Gasteiger partial charge on any atom is 0.241 e. The molecule has 0 saturated carbocycles. The lowest BCUT2D eigenvalue weighted by Crippen LogP contribution is -2.50. The van der Waals surface area contributed by atoms with E-state index in [0.717, 1.165) is 36.2 Å². The average molecular weight is 368 g/mol. The minimum Gasteiger partial charge on any atom is -0.352 e. The van der Waals surface area contributed by atoms with Crippen molar-refractivity contribution in [3.05, 3.63) is 28.8 Å². The summed E-state index contributed by atoms with van der Waals surface area (Å²) in [6.07, 6.45) is 1.16. The van der Waals surface area contributed by atoms with Gasteiger partial charge in [0.1, 0.15) is 0 Å². The van der Waals surface area contributed by atoms with Crippen molar-refractivity contribution in [1.29, 1.82) is 0 Å². The van der Waals surface area contributed by atoms with Gasteiger partial charge in [-0.3, -0.25) is 4.79 Å². The van der Waals surface area contributed by atoms with Gasteiger partial charge in [0.15, 0.2) is 0 Å². The Hall–Kier alpha value is -1.44. The first-order valence-corrected chi connectivity index (χ1v) is 10.3. The van der Waals surface area contributed by atoms with Gasteiger partial charge in [-0.05, 0) is 50.8 Å². The third-order valence-electron chi connectivity index (χ3n) is 4.69. The molecule has 2 atom stereocenters. The van der Waals surface area contributed by atoms with Crippen molar-refractivity contribution >= 4 is 15.9 Å². The van der Waals surface area contributed by atoms with Gasteiger partial charge in [-0.25, -0.2) is 13.1 Å². The van der Waals surface area contributed by atoms with E-state index < -0.39 is 10.0 Å². The first kappa shape index (κ1) is 19.9. The molecule has 1 aromatic rings. The quantitative estimate of drug-likeness (QED) is 0.709. The van der Waals surface area contributed by atoms with E-state index in [1.807, 2.05) is 19.1 Å². The maximum atomic E-state index is 12.6. The van der Waals surface area contributed by atoms with Crippen LogP contribution in [-0.2, 0) is 14.8 Å². The van der Waals surface area contributed by atoms with Crippen LogP contribution in [0.3, 0.4) is 0 Å². The fourth-order valence-corrected chi connectivity index (χ4v) is 4.90. The summed E-state index contributed by atoms with van der Waals surface area (Å²) >= 11 is 0. The molecule has 1 heterocycles. The largest absolute Gasteiger partial charge is 0.352 e. The van der Waals surface area contributed by atoms with E-state index in [-0.39, 0.29) is 24.9 Å². The normalized spacial score (nSPS) is 21.1. The minimum atomic E-state index is -3.62. The summed E-state index contributed by atoms with van der Waals surface area (Å²) < 4.78 is 27.7. The van der Waals surface area contributed by atoms with Crippen molar-refractivity contribution in [2.45, 2.75) is 51.5 Å². The van der Waals surface area contributed by atoms with Gasteiger partial charge < -0.3 is 10.6 Å². The van der Waals surface area contributed by atoms with Crippen LogP contribution in [0.15, 0.2) is 17.0 Å². The lowest BCUT2D eigenvalue weighted by molar-refractivity contribution is -0.122. The first-order valence-electron chi connectivity index (χ1n) is 8.78. The minimum absolute atomic E-state index is 0.0927. The number of carbonyl (C=O) groups is 1. The third-order valence-corrected chi connectivity index (χ3v) is 6.46. The number of piperidine rings is 1. The van der Waals surface area contributed by atoms with Crippen molar-refractivity contribution < 1.29 is 13.2 Å². The number of hydrogen-bond donors (Lipinski definition) is 3. The van der Waals surface area contributed by atoms with Gasteiger partial charge in [0.05, 0.1) is 4.90 Å². The molecule has 25 heavy (non-hydrogen) atoms. The Morgan fingerprint density at radius 3 is 2.48 bits per heavy atom. The summed E-state index contributed by atoms with van der Waals surface area (Å²) in [4.78, 5) is 12.4. The number of benzene rings is 1. The molecule has 0 radical (unpaired) electrons. The van der Waals surface area contributed by atoms with Gasteiger partial charge in [-0.15, -0.1) is 0 Å². The molecule has 1 saturated heterocycles. The molecule has 1 amide bonds. The molecule has 0 spiro atoms. The van der Waals surface area contributed by atoms with Gasteiger partial charge in [0.25, 0.3) is 0 Å². The molecule has 6 nitrogen and oxygen atoms in total. The van der Waals surface area contributed by atoms with Crippen LogP contribution in [0.2, 0.25) is 0 Å². The number of nitrogens with one attached hydrogen (secondary N) is 3. The summed E-state index contributed by atoms with van der Waals surface area (Å²) in [5.41, 5.74) is 2.47. The Labute approximate surface area is 150 Å². The molecule has 1 fully saturated rings. The Kier molecular flexibility index (Phi) is 6.59. The Morgan fingerprint density at radius 2 is 1.88 bits per heavy atom. The number of rotatable bonds is 6. The average Bonchev–Trinajstić information content (AvgIpc) is 2.48. The van der Waals surface area contributed by atoms with Gasteiger partial charge in [0.2, 0.25) is 15.9 Å². The molecular weight excluding hydrogens is 338 g/mol. The number of sulfonamides is 1. The van der Waals surface area contributed by atoms with Crippen molar-refractivity contribution in [3.8, 4) is 0 Å². The molecule has 2 rings (SSSR count). The number of hydrogen-bond acceptors (Lipinski definition) is 4. The zero-order valence-corrected chi connectivity index (χ0v) is 16.3. The SMILES string of the molecule is Cc1cc(C)c(S(=O)(=O)NCCC(=O)NC2CNCCC2C)c(C)c1. The first-order chi connectivity index (χ1) is 11.7. The van der Waals surface area contributed by atoms with E-state index >= 15 is 0 Å². The van der Waals surface area contributed by atoms with Crippen LogP contribution in [0.5, 0.6) is 0 Å². The molecule has 2 unspecified atom stereocenters. The fourth-order valence-electron chi connectivity index (χ4n) is 3.42. The second-order valence-corrected chi connectivity index (χ2v) is 8.72. The van der Waals surface area contributed by atoms with Gasteiger partial charge >= 0.3 is 0 Å². The van der Waals surface area contributed by atoms with Crippen molar-refractivity contribution in [3.63, 3.8) is 0 Å². The highest BCUT2D eigenvalue weighted by molar-refractivity contribution is 7.89. The summed E-state index contributed by atoms with van der Waals surface area (Å²) in [5, 5.41) is 6.25. The zero-order valence-electron chi connectivity index (χ0n) is 15.5. The molecule has 3 N–H and O–H groups in total. The highest BCUT2D eigenvalue weighted by Gasteiger charge is 2.23. The highest BCUT2D eigenvalue weighted by Crippen LogP contribution is 2.21. The predicted molar refractivity (Wildman–Crippen MR) is 99.0 cm³/mol. The molecule has 7 heteroatoms. The number of aryl methyl sites for hydroxylation is 3. The standard InChI is InChI=1S/C18H29N3O3S/c1-12-9-14(3)18(15(4)10-12)25(23,24)20-8-6-17(22)21-16-11-19-7-5-13(16)2/h9-10,13,16,19-20H,5-8,11H2,1-4H3,(H,21,22). The van der Waals surface area contributed by atoms with E-state index in [4.69, 9.17) is 0 Å². The molecule has 1 aromatic carbocycles. The van der Waals surface area contributed by atoms with Crippen LogP contribution in [0.4, 0.5) is 0 Å². The second-order valence-electron chi connectivity index (χ2n) is 7.02. The zero-order chi connectivity index (χ0) is 18.6. The van der Waals surface area contributed by atoms with Gasteiger partial charge in [-0.1, -0.05) is 24.6 Å². The van der Waals surface area contributed by atoms with Crippen LogP contribution in [0, 0.1) is 26.7 Å². The lowest BCUT2D eigenvalue weighted by Gasteiger charge is -2.30. The Bertz CT molecular complexity index is 708. The van der Waals surface area contributed by atoms with Crippen molar-refractivity contribution in [2.24, 2.45) is 5.92 Å². The van der Waals surface area contributed by atoms with Crippen LogP contribution >= 0.6 is 0 Å². The maximum absolute atomic E-state index is 12.6. The third kappa shape index (κ3) is 5.26. The van der Waals surface area contributed by atoms with Crippen LogP contribution in [-0.4, -0.2) is 40.0 Å². The van der Waals surface area contributed by atoms with E-state index in [0.29, 0.717) is 10.8 Å².